The van der Waals surface area contributed by atoms with Gasteiger partial charge in [0.2, 0.25) is 5.91 Å². The molecule has 5 nitrogen and oxygen atoms in total. The summed E-state index contributed by atoms with van der Waals surface area (Å²) in [6.07, 6.45) is 6.39. The molecule has 0 bridgehead atoms. The molecule has 1 aliphatic rings. The Morgan fingerprint density at radius 3 is 2.62 bits per heavy atom. The number of nitrogens with one attached hydrogen (secondary N) is 2. The van der Waals surface area contributed by atoms with Crippen molar-refractivity contribution in [2.45, 2.75) is 44.6 Å². The van der Waals surface area contributed by atoms with Crippen molar-refractivity contribution in [3.05, 3.63) is 34.3 Å². The number of carbonyl (C=O) groups is 2. The summed E-state index contributed by atoms with van der Waals surface area (Å²) in [5.41, 5.74) is 0.499. The van der Waals surface area contributed by atoms with Crippen LogP contribution in [-0.2, 0) is 4.79 Å². The first-order valence-corrected chi connectivity index (χ1v) is 9.11. The van der Waals surface area contributed by atoms with Crippen LogP contribution in [0.5, 0.6) is 0 Å². The molecule has 1 fully saturated rings. The Hall–Kier alpha value is -1.87. The van der Waals surface area contributed by atoms with Gasteiger partial charge >= 0.3 is 0 Å². The van der Waals surface area contributed by atoms with Crippen molar-refractivity contribution in [3.8, 4) is 6.07 Å². The lowest BCUT2D eigenvalue weighted by molar-refractivity contribution is -0.123. The first-order valence-electron chi connectivity index (χ1n) is 8.32. The van der Waals surface area contributed by atoms with Gasteiger partial charge in [-0.1, -0.05) is 44.2 Å². The smallest absolute Gasteiger partial charge is 0.253 e. The largest absolute Gasteiger partial charge is 0.341 e. The summed E-state index contributed by atoms with van der Waals surface area (Å²) in [6.45, 7) is -0.0507. The predicted molar refractivity (Wildman–Crippen MR) is 95.2 cm³/mol. The van der Waals surface area contributed by atoms with Crippen molar-refractivity contribution in [2.24, 2.45) is 5.92 Å². The molecule has 2 N–H and O–H groups in total. The molecular formula is C18H22BrN3O2. The molecular weight excluding hydrogens is 370 g/mol. The van der Waals surface area contributed by atoms with Gasteiger partial charge in [-0.15, -0.1) is 0 Å². The summed E-state index contributed by atoms with van der Waals surface area (Å²) < 4.78 is 0.691. The van der Waals surface area contributed by atoms with E-state index in [2.05, 4.69) is 26.6 Å². The Balaban J connectivity index is 2.06. The van der Waals surface area contributed by atoms with Crippen LogP contribution in [0.15, 0.2) is 28.7 Å². The normalized spacial score (nSPS) is 16.0. The predicted octanol–water partition coefficient (Wildman–Crippen LogP) is 3.16. The highest BCUT2D eigenvalue weighted by Crippen LogP contribution is 2.27. The maximum absolute atomic E-state index is 12.5. The van der Waals surface area contributed by atoms with Gasteiger partial charge in [0.15, 0.2) is 0 Å². The molecule has 1 aromatic rings. The Morgan fingerprint density at radius 2 is 1.96 bits per heavy atom. The van der Waals surface area contributed by atoms with E-state index in [1.54, 1.807) is 18.2 Å². The van der Waals surface area contributed by atoms with Gasteiger partial charge in [-0.25, -0.2) is 0 Å². The molecule has 0 radical (unpaired) electrons. The molecule has 1 aliphatic carbocycles. The van der Waals surface area contributed by atoms with Crippen LogP contribution in [0.3, 0.4) is 0 Å². The van der Waals surface area contributed by atoms with E-state index < -0.39 is 6.04 Å². The second-order valence-corrected chi connectivity index (χ2v) is 6.98. The van der Waals surface area contributed by atoms with E-state index in [0.717, 1.165) is 12.8 Å². The lowest BCUT2D eigenvalue weighted by Crippen LogP contribution is -2.48. The Bertz CT molecular complexity index is 621. The zero-order valence-electron chi connectivity index (χ0n) is 13.6. The van der Waals surface area contributed by atoms with Crippen molar-refractivity contribution < 1.29 is 9.59 Å². The van der Waals surface area contributed by atoms with Crippen LogP contribution in [0.4, 0.5) is 0 Å². The van der Waals surface area contributed by atoms with Crippen LogP contribution in [0.25, 0.3) is 0 Å². The van der Waals surface area contributed by atoms with Gasteiger partial charge in [0.1, 0.15) is 12.6 Å². The fraction of sp³-hybridized carbons (Fsp3) is 0.500. The third-order valence-corrected chi connectivity index (χ3v) is 5.07. The third-order valence-electron chi connectivity index (χ3n) is 4.38. The number of carbonyl (C=O) groups excluding carboxylic acids is 2. The van der Waals surface area contributed by atoms with Crippen molar-refractivity contribution in [2.75, 3.05) is 6.54 Å². The number of nitriles is 1. The first kappa shape index (κ1) is 18.5. The van der Waals surface area contributed by atoms with Crippen LogP contribution >= 0.6 is 15.9 Å². The van der Waals surface area contributed by atoms with E-state index >= 15 is 0 Å². The highest BCUT2D eigenvalue weighted by Gasteiger charge is 2.26. The molecule has 0 saturated heterocycles. The Kier molecular flexibility index (Phi) is 7.26. The van der Waals surface area contributed by atoms with Gasteiger partial charge in [0.25, 0.3) is 5.91 Å². The number of nitrogens with zero attached hydrogens (tertiary/aromatic N) is 1. The van der Waals surface area contributed by atoms with Crippen molar-refractivity contribution in [1.29, 1.82) is 5.26 Å². The van der Waals surface area contributed by atoms with Crippen LogP contribution in [-0.4, -0.2) is 24.4 Å². The number of benzene rings is 1. The van der Waals surface area contributed by atoms with Crippen molar-refractivity contribution >= 4 is 27.7 Å². The number of halogens is 1. The molecule has 2 rings (SSSR count). The fourth-order valence-corrected chi connectivity index (χ4v) is 3.58. The van der Waals surface area contributed by atoms with Crippen LogP contribution in [0.1, 0.15) is 48.9 Å². The third kappa shape index (κ3) is 5.34. The average molecular weight is 392 g/mol. The quantitative estimate of drug-likeness (QED) is 0.730. The van der Waals surface area contributed by atoms with E-state index in [1.165, 1.54) is 19.3 Å². The topological polar surface area (TPSA) is 82.0 Å². The maximum atomic E-state index is 12.5. The van der Waals surface area contributed by atoms with E-state index in [4.69, 9.17) is 5.26 Å². The molecule has 0 aliphatic heterocycles. The van der Waals surface area contributed by atoms with Crippen LogP contribution in [0, 0.1) is 17.2 Å². The molecule has 1 aromatic carbocycles. The lowest BCUT2D eigenvalue weighted by Gasteiger charge is -2.26. The summed E-state index contributed by atoms with van der Waals surface area (Å²) in [6, 6.07) is 8.41. The minimum Gasteiger partial charge on any atom is -0.341 e. The van der Waals surface area contributed by atoms with Gasteiger partial charge in [-0.3, -0.25) is 9.59 Å². The molecule has 2 amide bonds. The highest BCUT2D eigenvalue weighted by atomic mass is 79.9. The minimum absolute atomic E-state index is 0.0507. The number of rotatable bonds is 6. The molecule has 128 valence electrons. The van der Waals surface area contributed by atoms with Gasteiger partial charge in [-0.2, -0.15) is 5.26 Å². The maximum Gasteiger partial charge on any atom is 0.253 e. The molecule has 6 heteroatoms. The average Bonchev–Trinajstić information content (AvgIpc) is 2.60. The van der Waals surface area contributed by atoms with Gasteiger partial charge < -0.3 is 10.6 Å². The summed E-state index contributed by atoms with van der Waals surface area (Å²) in [7, 11) is 0. The summed E-state index contributed by atoms with van der Waals surface area (Å²) in [4.78, 5) is 24.8. The Labute approximate surface area is 150 Å². The fourth-order valence-electron chi connectivity index (χ4n) is 3.12. The number of amides is 2. The standard InChI is InChI=1S/C18H22BrN3O2/c19-15-9-5-4-8-14(15)17(23)22-16(18(24)21-11-10-20)12-13-6-2-1-3-7-13/h4-5,8-9,13,16H,1-3,6-7,11-12H2,(H,21,24)(H,22,23)/t16-/m0/s1. The molecule has 1 atom stereocenters. The second-order valence-electron chi connectivity index (χ2n) is 6.12. The van der Waals surface area contributed by atoms with Crippen molar-refractivity contribution in [1.82, 2.24) is 10.6 Å². The number of hydrogen-bond acceptors (Lipinski definition) is 3. The zero-order valence-corrected chi connectivity index (χ0v) is 15.1. The zero-order chi connectivity index (χ0) is 17.4. The minimum atomic E-state index is -0.610. The summed E-state index contributed by atoms with van der Waals surface area (Å²) in [5.74, 6) is -0.131. The Morgan fingerprint density at radius 1 is 1.25 bits per heavy atom. The summed E-state index contributed by atoms with van der Waals surface area (Å²) >= 11 is 3.36. The van der Waals surface area contributed by atoms with E-state index in [-0.39, 0.29) is 18.4 Å². The lowest BCUT2D eigenvalue weighted by atomic mass is 9.84. The number of hydrogen-bond donors (Lipinski definition) is 2. The van der Waals surface area contributed by atoms with E-state index in [1.807, 2.05) is 12.1 Å². The van der Waals surface area contributed by atoms with Gasteiger partial charge in [-0.05, 0) is 40.4 Å². The van der Waals surface area contributed by atoms with Crippen LogP contribution in [0.2, 0.25) is 0 Å². The summed E-state index contributed by atoms with van der Waals surface area (Å²) in [5, 5.41) is 14.1. The first-order chi connectivity index (χ1) is 11.6. The SMILES string of the molecule is N#CCNC(=O)[C@H](CC1CCCCC1)NC(=O)c1ccccc1Br. The molecule has 0 aromatic heterocycles. The molecule has 24 heavy (non-hydrogen) atoms. The highest BCUT2D eigenvalue weighted by molar-refractivity contribution is 9.10. The van der Waals surface area contributed by atoms with E-state index in [9.17, 15) is 9.59 Å². The van der Waals surface area contributed by atoms with Crippen LogP contribution < -0.4 is 10.6 Å². The molecule has 0 heterocycles. The molecule has 0 spiro atoms. The van der Waals surface area contributed by atoms with E-state index in [0.29, 0.717) is 22.4 Å². The van der Waals surface area contributed by atoms with Crippen molar-refractivity contribution in [3.63, 3.8) is 0 Å². The molecule has 1 saturated carbocycles. The second kappa shape index (κ2) is 9.43. The monoisotopic (exact) mass is 391 g/mol. The van der Waals surface area contributed by atoms with Gasteiger partial charge in [0.05, 0.1) is 11.6 Å². The van der Waals surface area contributed by atoms with Gasteiger partial charge in [0, 0.05) is 4.47 Å². The molecule has 0 unspecified atom stereocenters.